The quantitative estimate of drug-likeness (QED) is 0.611. The van der Waals surface area contributed by atoms with Crippen molar-refractivity contribution in [3.8, 4) is 0 Å². The number of halogens is 2. The first kappa shape index (κ1) is 19.5. The SMILES string of the molecule is C/C=C/c1cc(F)c(C2c3[nH]c4ccccc4c3CCN2C2CCOCC2)c(F)c1. The summed E-state index contributed by atoms with van der Waals surface area (Å²) in [6.45, 7) is 4.01. The molecule has 1 fully saturated rings. The van der Waals surface area contributed by atoms with Crippen LogP contribution in [0.15, 0.2) is 42.5 Å². The zero-order valence-corrected chi connectivity index (χ0v) is 17.1. The highest BCUT2D eigenvalue weighted by Crippen LogP contribution is 2.42. The van der Waals surface area contributed by atoms with Gasteiger partial charge in [0.05, 0.1) is 6.04 Å². The number of allylic oxidation sites excluding steroid dienone is 1. The van der Waals surface area contributed by atoms with Crippen molar-refractivity contribution in [1.29, 1.82) is 0 Å². The molecule has 30 heavy (non-hydrogen) atoms. The molecule has 1 aromatic heterocycles. The predicted octanol–water partition coefficient (Wildman–Crippen LogP) is 5.61. The number of rotatable bonds is 3. The lowest BCUT2D eigenvalue weighted by molar-refractivity contribution is 0.0185. The van der Waals surface area contributed by atoms with Crippen LogP contribution in [0.4, 0.5) is 8.78 Å². The molecule has 0 spiro atoms. The molecule has 0 saturated carbocycles. The van der Waals surface area contributed by atoms with E-state index in [-0.39, 0.29) is 11.6 Å². The summed E-state index contributed by atoms with van der Waals surface area (Å²) in [6.07, 6.45) is 6.14. The van der Waals surface area contributed by atoms with Crippen molar-refractivity contribution in [2.24, 2.45) is 0 Å². The van der Waals surface area contributed by atoms with E-state index in [2.05, 4.69) is 16.0 Å². The zero-order chi connectivity index (χ0) is 20.7. The number of H-pyrrole nitrogens is 1. The number of nitrogens with zero attached hydrogens (tertiary/aromatic N) is 1. The van der Waals surface area contributed by atoms with Crippen molar-refractivity contribution in [3.05, 3.63) is 76.5 Å². The summed E-state index contributed by atoms with van der Waals surface area (Å²) in [4.78, 5) is 5.80. The number of fused-ring (bicyclic) bond motifs is 3. The summed E-state index contributed by atoms with van der Waals surface area (Å²) in [5.74, 6) is -0.978. The lowest BCUT2D eigenvalue weighted by Crippen LogP contribution is -2.46. The van der Waals surface area contributed by atoms with E-state index in [1.165, 1.54) is 17.7 Å². The van der Waals surface area contributed by atoms with E-state index in [9.17, 15) is 0 Å². The van der Waals surface area contributed by atoms with Gasteiger partial charge in [0.1, 0.15) is 11.6 Å². The first-order valence-corrected chi connectivity index (χ1v) is 10.7. The van der Waals surface area contributed by atoms with Crippen molar-refractivity contribution in [2.45, 2.75) is 38.3 Å². The maximum Gasteiger partial charge on any atom is 0.131 e. The first-order valence-electron chi connectivity index (χ1n) is 10.7. The molecule has 3 heterocycles. The largest absolute Gasteiger partial charge is 0.381 e. The van der Waals surface area contributed by atoms with Crippen molar-refractivity contribution < 1.29 is 13.5 Å². The number of para-hydroxylation sites is 1. The molecule has 2 aliphatic heterocycles. The van der Waals surface area contributed by atoms with Gasteiger partial charge in [-0.05, 0) is 55.5 Å². The molecule has 3 nitrogen and oxygen atoms in total. The van der Waals surface area contributed by atoms with E-state index in [4.69, 9.17) is 4.74 Å². The van der Waals surface area contributed by atoms with Crippen molar-refractivity contribution in [2.75, 3.05) is 19.8 Å². The molecule has 2 aliphatic rings. The molecular weight excluding hydrogens is 382 g/mol. The fourth-order valence-corrected chi connectivity index (χ4v) is 5.13. The molecule has 3 aromatic rings. The fraction of sp³-hybridized carbons (Fsp3) is 0.360. The Labute approximate surface area is 175 Å². The van der Waals surface area contributed by atoms with Crippen LogP contribution < -0.4 is 0 Å². The van der Waals surface area contributed by atoms with E-state index >= 15 is 8.78 Å². The number of benzene rings is 2. The van der Waals surface area contributed by atoms with Crippen molar-refractivity contribution in [3.63, 3.8) is 0 Å². The Balaban J connectivity index is 1.69. The number of aromatic nitrogens is 1. The van der Waals surface area contributed by atoms with Crippen LogP contribution in [0.2, 0.25) is 0 Å². The summed E-state index contributed by atoms with van der Waals surface area (Å²) in [6, 6.07) is 10.8. The standard InChI is InChI=1S/C25H26F2N2O/c1-2-5-16-14-20(26)23(21(27)15-16)25-24-19(18-6-3-4-7-22(18)28-24)8-11-29(25)17-9-12-30-13-10-17/h2-7,14-15,17,25,28H,8-13H2,1H3/b5-2+. The summed E-state index contributed by atoms with van der Waals surface area (Å²) < 4.78 is 36.3. The molecule has 5 heteroatoms. The van der Waals surface area contributed by atoms with Gasteiger partial charge < -0.3 is 9.72 Å². The Morgan fingerprint density at radius 3 is 2.57 bits per heavy atom. The number of hydrogen-bond acceptors (Lipinski definition) is 2. The van der Waals surface area contributed by atoms with Crippen LogP contribution >= 0.6 is 0 Å². The summed E-state index contributed by atoms with van der Waals surface area (Å²) in [5, 5.41) is 1.15. The van der Waals surface area contributed by atoms with E-state index in [0.29, 0.717) is 18.8 Å². The summed E-state index contributed by atoms with van der Waals surface area (Å²) in [7, 11) is 0. The Hall–Kier alpha value is -2.50. The third kappa shape index (κ3) is 3.26. The van der Waals surface area contributed by atoms with Crippen LogP contribution in [-0.2, 0) is 11.2 Å². The van der Waals surface area contributed by atoms with Gasteiger partial charge in [0.2, 0.25) is 0 Å². The summed E-state index contributed by atoms with van der Waals surface area (Å²) in [5.41, 5.74) is 3.80. The van der Waals surface area contributed by atoms with Gasteiger partial charge >= 0.3 is 0 Å². The molecular formula is C25H26F2N2O. The van der Waals surface area contributed by atoms with Gasteiger partial charge in [-0.1, -0.05) is 30.4 Å². The topological polar surface area (TPSA) is 28.3 Å². The second kappa shape index (κ2) is 7.97. The van der Waals surface area contributed by atoms with Crippen LogP contribution in [-0.4, -0.2) is 35.7 Å². The van der Waals surface area contributed by atoms with Gasteiger partial charge in [-0.25, -0.2) is 8.78 Å². The third-order valence-corrected chi connectivity index (χ3v) is 6.47. The van der Waals surface area contributed by atoms with Crippen LogP contribution in [0.5, 0.6) is 0 Å². The molecule has 1 saturated heterocycles. The number of nitrogens with one attached hydrogen (secondary N) is 1. The molecule has 1 atom stereocenters. The van der Waals surface area contributed by atoms with Crippen molar-refractivity contribution in [1.82, 2.24) is 9.88 Å². The van der Waals surface area contributed by atoms with Crippen molar-refractivity contribution >= 4 is 17.0 Å². The van der Waals surface area contributed by atoms with E-state index < -0.39 is 17.7 Å². The van der Waals surface area contributed by atoms with Gasteiger partial charge in [-0.2, -0.15) is 0 Å². The average molecular weight is 408 g/mol. The molecule has 2 aromatic carbocycles. The maximum absolute atomic E-state index is 15.4. The number of aromatic amines is 1. The van der Waals surface area contributed by atoms with Gasteiger partial charge in [-0.3, -0.25) is 4.90 Å². The Bertz CT molecular complexity index is 1070. The molecule has 0 bridgehead atoms. The minimum absolute atomic E-state index is 0.141. The molecule has 5 rings (SSSR count). The van der Waals surface area contributed by atoms with Gasteiger partial charge in [0, 0.05) is 48.0 Å². The molecule has 1 unspecified atom stereocenters. The van der Waals surface area contributed by atoms with Gasteiger partial charge in [0.25, 0.3) is 0 Å². The van der Waals surface area contributed by atoms with Crippen LogP contribution in [0.25, 0.3) is 17.0 Å². The Kier molecular flexibility index (Phi) is 5.17. The van der Waals surface area contributed by atoms with Gasteiger partial charge in [-0.15, -0.1) is 0 Å². The molecule has 1 N–H and O–H groups in total. The minimum atomic E-state index is -0.489. The van der Waals surface area contributed by atoms with Crippen LogP contribution in [0.1, 0.15) is 48.2 Å². The normalized spacial score (nSPS) is 20.8. The Morgan fingerprint density at radius 2 is 1.83 bits per heavy atom. The van der Waals surface area contributed by atoms with Gasteiger partial charge in [0.15, 0.2) is 0 Å². The van der Waals surface area contributed by atoms with Crippen LogP contribution in [0.3, 0.4) is 0 Å². The highest BCUT2D eigenvalue weighted by atomic mass is 19.1. The molecule has 0 amide bonds. The monoisotopic (exact) mass is 408 g/mol. The highest BCUT2D eigenvalue weighted by molar-refractivity contribution is 5.85. The second-order valence-electron chi connectivity index (χ2n) is 8.19. The number of hydrogen-bond donors (Lipinski definition) is 1. The summed E-state index contributed by atoms with van der Waals surface area (Å²) >= 11 is 0. The third-order valence-electron chi connectivity index (χ3n) is 6.47. The second-order valence-corrected chi connectivity index (χ2v) is 8.19. The lowest BCUT2D eigenvalue weighted by Gasteiger charge is -2.43. The van der Waals surface area contributed by atoms with E-state index in [0.717, 1.165) is 42.4 Å². The predicted molar refractivity (Wildman–Crippen MR) is 115 cm³/mol. The zero-order valence-electron chi connectivity index (χ0n) is 17.1. The highest BCUT2D eigenvalue weighted by Gasteiger charge is 2.38. The lowest BCUT2D eigenvalue weighted by atomic mass is 9.88. The molecule has 0 radical (unpaired) electrons. The molecule has 156 valence electrons. The fourth-order valence-electron chi connectivity index (χ4n) is 5.13. The Morgan fingerprint density at radius 1 is 1.10 bits per heavy atom. The average Bonchev–Trinajstić information content (AvgIpc) is 3.13. The molecule has 0 aliphatic carbocycles. The smallest absolute Gasteiger partial charge is 0.131 e. The maximum atomic E-state index is 15.4. The number of ether oxygens (including phenoxy) is 1. The van der Waals surface area contributed by atoms with Crippen LogP contribution in [0, 0.1) is 11.6 Å². The minimum Gasteiger partial charge on any atom is -0.381 e. The van der Waals surface area contributed by atoms with E-state index in [1.54, 1.807) is 12.2 Å². The van der Waals surface area contributed by atoms with E-state index in [1.807, 2.05) is 25.1 Å². The first-order chi connectivity index (χ1) is 14.7.